The van der Waals surface area contributed by atoms with Crippen molar-refractivity contribution in [3.63, 3.8) is 0 Å². The van der Waals surface area contributed by atoms with Gasteiger partial charge in [0.25, 0.3) is 0 Å². The summed E-state index contributed by atoms with van der Waals surface area (Å²) < 4.78 is 5.18. The van der Waals surface area contributed by atoms with E-state index < -0.39 is 23.8 Å². The highest BCUT2D eigenvalue weighted by molar-refractivity contribution is 6.04. The Morgan fingerprint density at radius 2 is 1.64 bits per heavy atom. The molecule has 0 unspecified atom stereocenters. The number of hydrogen-bond acceptors (Lipinski definition) is 8. The number of ether oxygens (including phenoxy) is 1. The van der Waals surface area contributed by atoms with Gasteiger partial charge in [-0.2, -0.15) is 0 Å². The summed E-state index contributed by atoms with van der Waals surface area (Å²) in [5, 5.41) is 12.0. The van der Waals surface area contributed by atoms with Gasteiger partial charge >= 0.3 is 6.09 Å². The van der Waals surface area contributed by atoms with Crippen molar-refractivity contribution in [3.8, 4) is 0 Å². The molecule has 11 heteroatoms. The summed E-state index contributed by atoms with van der Waals surface area (Å²) in [5.74, 6) is -0.475. The molecule has 0 radical (unpaired) electrons. The first kappa shape index (κ1) is 31.3. The van der Waals surface area contributed by atoms with Gasteiger partial charge < -0.3 is 30.9 Å². The van der Waals surface area contributed by atoms with E-state index in [-0.39, 0.29) is 61.8 Å². The van der Waals surface area contributed by atoms with Crippen molar-refractivity contribution in [3.05, 3.63) is 58.4 Å². The molecule has 1 aromatic carbocycles. The molecule has 236 valence electrons. The maximum absolute atomic E-state index is 13.7. The number of amides is 3. The fraction of sp³-hybridized carbons (Fsp3) is 0.545. The van der Waals surface area contributed by atoms with Crippen molar-refractivity contribution < 1.29 is 28.7 Å². The van der Waals surface area contributed by atoms with Crippen LogP contribution in [-0.2, 0) is 30.3 Å². The van der Waals surface area contributed by atoms with E-state index in [0.29, 0.717) is 24.2 Å². The van der Waals surface area contributed by atoms with Gasteiger partial charge in [-0.15, -0.1) is 0 Å². The average molecular weight is 606 g/mol. The van der Waals surface area contributed by atoms with Crippen LogP contribution >= 0.6 is 0 Å². The Kier molecular flexibility index (Phi) is 9.41. The molecule has 3 heterocycles. The van der Waals surface area contributed by atoms with Gasteiger partial charge in [-0.3, -0.25) is 19.2 Å². The number of hydrogen-bond donors (Lipinski definition) is 4. The van der Waals surface area contributed by atoms with Gasteiger partial charge in [-0.25, -0.2) is 4.79 Å². The minimum Gasteiger partial charge on any atom is -0.444 e. The molecular weight excluding hydrogens is 562 g/mol. The van der Waals surface area contributed by atoms with E-state index >= 15 is 0 Å². The highest BCUT2D eigenvalue weighted by Crippen LogP contribution is 2.35. The minimum atomic E-state index is -0.721. The first-order chi connectivity index (χ1) is 21.0. The first-order valence-corrected chi connectivity index (χ1v) is 15.6. The molecule has 1 aromatic rings. The van der Waals surface area contributed by atoms with Gasteiger partial charge in [-0.05, 0) is 52.0 Å². The molecule has 0 saturated heterocycles. The summed E-state index contributed by atoms with van der Waals surface area (Å²) >= 11 is 0. The van der Waals surface area contributed by atoms with Crippen LogP contribution in [0.25, 0.3) is 0 Å². The number of alkyl carbamates (subject to hydrolysis) is 1. The van der Waals surface area contributed by atoms with Crippen molar-refractivity contribution in [1.29, 1.82) is 0 Å². The Bertz CT molecular complexity index is 1380. The van der Waals surface area contributed by atoms with Gasteiger partial charge in [0, 0.05) is 67.4 Å². The highest BCUT2D eigenvalue weighted by atomic mass is 16.6. The van der Waals surface area contributed by atoms with Crippen LogP contribution in [0.5, 0.6) is 0 Å². The highest BCUT2D eigenvalue weighted by Gasteiger charge is 2.40. The number of nitrogens with one attached hydrogen (secondary N) is 4. The third kappa shape index (κ3) is 7.49. The topological polar surface area (TPSA) is 146 Å². The monoisotopic (exact) mass is 605 g/mol. The van der Waals surface area contributed by atoms with Crippen LogP contribution in [0.2, 0.25) is 0 Å². The molecule has 44 heavy (non-hydrogen) atoms. The number of allylic oxidation sites excluding steroid dienone is 2. The lowest BCUT2D eigenvalue weighted by molar-refractivity contribution is -0.136. The molecule has 3 atom stereocenters. The number of nitrogens with zero attached hydrogens (tertiary/aromatic N) is 1. The van der Waals surface area contributed by atoms with Crippen molar-refractivity contribution in [1.82, 2.24) is 26.2 Å². The number of rotatable bonds is 7. The van der Waals surface area contributed by atoms with Gasteiger partial charge in [-0.1, -0.05) is 30.3 Å². The second-order valence-corrected chi connectivity index (χ2v) is 13.0. The molecule has 4 aliphatic rings. The van der Waals surface area contributed by atoms with E-state index in [4.69, 9.17) is 4.74 Å². The molecule has 5 rings (SSSR count). The van der Waals surface area contributed by atoms with Crippen LogP contribution in [-0.4, -0.2) is 78.2 Å². The summed E-state index contributed by atoms with van der Waals surface area (Å²) in [4.78, 5) is 66.2. The lowest BCUT2D eigenvalue weighted by atomic mass is 9.78. The second-order valence-electron chi connectivity index (χ2n) is 13.0. The fourth-order valence-electron chi connectivity index (χ4n) is 6.45. The molecule has 0 saturated carbocycles. The summed E-state index contributed by atoms with van der Waals surface area (Å²) in [7, 11) is 0. The maximum atomic E-state index is 13.7. The lowest BCUT2D eigenvalue weighted by Crippen LogP contribution is -2.56. The van der Waals surface area contributed by atoms with Crippen molar-refractivity contribution in [2.24, 2.45) is 5.92 Å². The number of carbonyl (C=O) groups is 5. The summed E-state index contributed by atoms with van der Waals surface area (Å²) in [6.07, 6.45) is 3.43. The van der Waals surface area contributed by atoms with Crippen LogP contribution in [0.3, 0.4) is 0 Å². The average Bonchev–Trinajstić information content (AvgIpc) is 2.98. The zero-order valence-corrected chi connectivity index (χ0v) is 25.8. The van der Waals surface area contributed by atoms with Gasteiger partial charge in [0.15, 0.2) is 11.6 Å². The maximum Gasteiger partial charge on any atom is 0.407 e. The van der Waals surface area contributed by atoms with E-state index in [0.717, 1.165) is 37.0 Å². The summed E-state index contributed by atoms with van der Waals surface area (Å²) in [5.41, 5.74) is 3.54. The third-order valence-corrected chi connectivity index (χ3v) is 8.53. The van der Waals surface area contributed by atoms with Crippen LogP contribution in [0.15, 0.2) is 52.9 Å². The zero-order valence-electron chi connectivity index (χ0n) is 25.8. The van der Waals surface area contributed by atoms with Gasteiger partial charge in [0.2, 0.25) is 11.8 Å². The summed E-state index contributed by atoms with van der Waals surface area (Å²) in [6.45, 7) is 6.22. The molecule has 0 bridgehead atoms. The second kappa shape index (κ2) is 13.2. The lowest BCUT2D eigenvalue weighted by Gasteiger charge is -2.40. The van der Waals surface area contributed by atoms with E-state index in [2.05, 4.69) is 33.4 Å². The smallest absolute Gasteiger partial charge is 0.407 e. The molecule has 0 fully saturated rings. The van der Waals surface area contributed by atoms with Crippen molar-refractivity contribution in [2.75, 3.05) is 26.2 Å². The van der Waals surface area contributed by atoms with Crippen molar-refractivity contribution >= 4 is 29.5 Å². The molecule has 3 amide bonds. The molecule has 0 aromatic heterocycles. The molecule has 3 aliphatic heterocycles. The Balaban J connectivity index is 1.15. The normalized spacial score (nSPS) is 23.6. The molecule has 1 aliphatic carbocycles. The molecule has 0 spiro atoms. The Hall–Kier alpha value is -4.15. The third-order valence-electron chi connectivity index (χ3n) is 8.53. The van der Waals surface area contributed by atoms with Gasteiger partial charge in [0.05, 0.1) is 6.54 Å². The number of Topliss-reactive ketones (excluding diaryl/α,β-unsaturated/α-hetero) is 2. The SMILES string of the molecule is CC(C)(C)OC(=O)NCCNC(=O)[C@@H]1CC(=O)C2=C(CCN(C(=O)[C@H]3CC(=O)C4=C(N3)[C@H](Cc3ccccc3)CCC4)C2)N1. The van der Waals surface area contributed by atoms with E-state index in [1.807, 2.05) is 18.2 Å². The van der Waals surface area contributed by atoms with Crippen molar-refractivity contribution in [2.45, 2.75) is 83.4 Å². The number of benzene rings is 1. The van der Waals surface area contributed by atoms with E-state index in [9.17, 15) is 24.0 Å². The van der Waals surface area contributed by atoms with E-state index in [1.165, 1.54) is 5.56 Å². The Labute approximate surface area is 258 Å². The number of ketones is 2. The predicted octanol–water partition coefficient (Wildman–Crippen LogP) is 2.27. The predicted molar refractivity (Wildman–Crippen MR) is 163 cm³/mol. The quantitative estimate of drug-likeness (QED) is 0.347. The van der Waals surface area contributed by atoms with Crippen LogP contribution < -0.4 is 21.3 Å². The fourth-order valence-corrected chi connectivity index (χ4v) is 6.45. The summed E-state index contributed by atoms with van der Waals surface area (Å²) in [6, 6.07) is 8.83. The Morgan fingerprint density at radius 3 is 2.39 bits per heavy atom. The zero-order chi connectivity index (χ0) is 31.4. The molecule has 11 nitrogen and oxygen atoms in total. The van der Waals surface area contributed by atoms with Crippen LogP contribution in [0.4, 0.5) is 4.79 Å². The standard InChI is InChI=1S/C33H43N5O6/c1-33(2,3)44-32(43)35-14-13-34-30(41)25-17-28(40)23-19-38(15-12-24(23)36-25)31(42)26-18-27(39)22-11-7-10-21(29(22)37-26)16-20-8-5-4-6-9-20/h4-6,8-9,21,25-26,36-37H,7,10-19H2,1-3H3,(H,34,41)(H,35,43)/t21-,25-,26+/m0/s1. The largest absolute Gasteiger partial charge is 0.444 e. The van der Waals surface area contributed by atoms with E-state index in [1.54, 1.807) is 25.7 Å². The first-order valence-electron chi connectivity index (χ1n) is 15.6. The molecular formula is C33H43N5O6. The molecule has 4 N–H and O–H groups in total. The Morgan fingerprint density at radius 1 is 0.932 bits per heavy atom. The number of carbonyl (C=O) groups excluding carboxylic acids is 5. The minimum absolute atomic E-state index is 0.0240. The van der Waals surface area contributed by atoms with Gasteiger partial charge in [0.1, 0.15) is 17.7 Å². The van der Waals surface area contributed by atoms with Crippen LogP contribution in [0.1, 0.15) is 64.9 Å². The van der Waals surface area contributed by atoms with Crippen LogP contribution in [0, 0.1) is 5.92 Å².